The summed E-state index contributed by atoms with van der Waals surface area (Å²) in [5.41, 5.74) is -5.23. The lowest BCUT2D eigenvalue weighted by Crippen LogP contribution is -2.79. The van der Waals surface area contributed by atoms with Crippen LogP contribution in [0.25, 0.3) is 0 Å². The molecule has 3 rings (SSSR count). The second kappa shape index (κ2) is 10.8. The first-order valence-electron chi connectivity index (χ1n) is 11.4. The molecule has 0 bridgehead atoms. The van der Waals surface area contributed by atoms with Crippen LogP contribution in [0.3, 0.4) is 0 Å². The zero-order chi connectivity index (χ0) is 31.9. The minimum absolute atomic E-state index is 0.150. The number of nitrogens with zero attached hydrogens (tertiary/aromatic N) is 5. The van der Waals surface area contributed by atoms with Crippen molar-refractivity contribution >= 4 is 29.7 Å². The average molecular weight is 626 g/mol. The normalized spacial score (nSPS) is 29.2. The summed E-state index contributed by atoms with van der Waals surface area (Å²) in [6.45, 7) is 1.73. The smallest absolute Gasteiger partial charge is 0.398 e. The maximum atomic E-state index is 16.5. The Bertz CT molecular complexity index is 1460. The van der Waals surface area contributed by atoms with Crippen LogP contribution in [0.4, 0.5) is 30.7 Å². The third-order valence-electron chi connectivity index (χ3n) is 6.64. The second-order valence-electron chi connectivity index (χ2n) is 9.16. The minimum Gasteiger partial charge on any atom is -0.398 e. The van der Waals surface area contributed by atoms with Gasteiger partial charge in [-0.25, -0.2) is 9.18 Å². The molecular weight excluding hydrogens is 605 g/mol. The number of hydroxylamine groups is 1. The van der Waals surface area contributed by atoms with E-state index in [0.29, 0.717) is 6.20 Å². The first kappa shape index (κ1) is 32.2. The molecule has 0 spiro atoms. The number of carbonyl (C=O) groups is 2. The van der Waals surface area contributed by atoms with E-state index in [1.165, 1.54) is 0 Å². The summed E-state index contributed by atoms with van der Waals surface area (Å²) in [7, 11) is 0.877. The predicted octanol–water partition coefficient (Wildman–Crippen LogP) is 3.27. The summed E-state index contributed by atoms with van der Waals surface area (Å²) >= 11 is 0.745. The van der Waals surface area contributed by atoms with Crippen LogP contribution in [-0.4, -0.2) is 64.4 Å². The van der Waals surface area contributed by atoms with Gasteiger partial charge in [-0.1, -0.05) is 9.90 Å². The Hall–Kier alpha value is -4.28. The summed E-state index contributed by atoms with van der Waals surface area (Å²) in [5.74, 6) is -6.33. The lowest BCUT2D eigenvalue weighted by molar-refractivity contribution is -0.543. The van der Waals surface area contributed by atoms with Gasteiger partial charge in [-0.05, 0) is 35.8 Å². The van der Waals surface area contributed by atoms with Gasteiger partial charge in [0.25, 0.3) is 5.91 Å². The molecule has 0 aromatic rings. The number of allylic oxidation sites excluding steroid dienone is 2. The summed E-state index contributed by atoms with van der Waals surface area (Å²) in [6, 6.07) is 1.64. The van der Waals surface area contributed by atoms with Crippen LogP contribution < -0.4 is 16.5 Å². The molecule has 20 heteroatoms. The number of dihydropyridines is 1. The number of amides is 1. The molecule has 0 aliphatic carbocycles. The average Bonchev–Trinajstić information content (AvgIpc) is 2.89. The number of halogens is 7. The highest BCUT2D eigenvalue weighted by atomic mass is 32.2. The van der Waals surface area contributed by atoms with Crippen molar-refractivity contribution in [3.05, 3.63) is 51.4 Å². The number of nitriles is 1. The molecule has 12 nitrogen and oxygen atoms in total. The fourth-order valence-corrected chi connectivity index (χ4v) is 5.55. The van der Waals surface area contributed by atoms with Crippen LogP contribution in [0, 0.1) is 16.2 Å². The number of hydrogen-bond donors (Lipinski definition) is 3. The number of nitroso groups, excluding NO2 is 1. The fraction of sp³-hybridized carbons (Fsp3) is 0.455. The van der Waals surface area contributed by atoms with Gasteiger partial charge >= 0.3 is 24.2 Å². The van der Waals surface area contributed by atoms with Gasteiger partial charge in [-0.3, -0.25) is 4.79 Å². The number of hydrogen-bond acceptors (Lipinski definition) is 11. The number of nitrogens with two attached hydrogens (primary N) is 1. The van der Waals surface area contributed by atoms with Gasteiger partial charge in [0.1, 0.15) is 19.5 Å². The van der Waals surface area contributed by atoms with Crippen LogP contribution in [0.1, 0.15) is 20.3 Å². The Labute approximate surface area is 236 Å². The maximum Gasteiger partial charge on any atom is 0.493 e. The Balaban J connectivity index is 2.51. The van der Waals surface area contributed by atoms with Crippen molar-refractivity contribution in [1.82, 2.24) is 10.8 Å². The standard InChI is InChI=1S/C22H19F7N8O4S/c1-10-4-11(5-30)6-33-21(10,16(38)35-41-17(39)22(27,28)29)19(9-20(24,25)26)14(31)13(12-7-34-36-42-8-12)18(2,23)15(32-3)37(19)40/h4,6-7,33H,8-9H2,1-3H3,(H2-,31,35,36,38)/p+1. The van der Waals surface area contributed by atoms with Crippen molar-refractivity contribution in [3.8, 4) is 6.07 Å². The van der Waals surface area contributed by atoms with Crippen molar-refractivity contribution in [1.29, 1.82) is 5.26 Å². The Morgan fingerprint density at radius 1 is 1.33 bits per heavy atom. The number of alkyl halides is 7. The van der Waals surface area contributed by atoms with Crippen LogP contribution in [0.5, 0.6) is 0 Å². The van der Waals surface area contributed by atoms with E-state index in [1.54, 1.807) is 6.07 Å². The van der Waals surface area contributed by atoms with E-state index in [-0.39, 0.29) is 16.9 Å². The molecule has 1 amide bonds. The number of aliphatic imine (C=N–C) groups is 1. The first-order valence-corrected chi connectivity index (χ1v) is 12.3. The maximum absolute atomic E-state index is 16.5. The molecule has 42 heavy (non-hydrogen) atoms. The molecular formula is C22H20F7N8O4S+. The van der Waals surface area contributed by atoms with Crippen LogP contribution in [0.2, 0.25) is 0 Å². The topological polar surface area (TPSA) is 174 Å². The van der Waals surface area contributed by atoms with Gasteiger partial charge in [0.05, 0.1) is 17.5 Å². The summed E-state index contributed by atoms with van der Waals surface area (Å²) in [4.78, 5) is 46.5. The summed E-state index contributed by atoms with van der Waals surface area (Å²) < 4.78 is 101. The highest BCUT2D eigenvalue weighted by Crippen LogP contribution is 2.52. The highest BCUT2D eigenvalue weighted by Gasteiger charge is 2.76. The molecule has 0 aromatic carbocycles. The highest BCUT2D eigenvalue weighted by molar-refractivity contribution is 7.98. The fourth-order valence-electron chi connectivity index (χ4n) is 5.02. The molecule has 3 aliphatic heterocycles. The lowest BCUT2D eigenvalue weighted by Gasteiger charge is -2.50. The van der Waals surface area contributed by atoms with Crippen LogP contribution >= 0.6 is 11.9 Å². The van der Waals surface area contributed by atoms with E-state index >= 15 is 4.39 Å². The third kappa shape index (κ3) is 5.12. The van der Waals surface area contributed by atoms with Crippen molar-refractivity contribution in [2.75, 3.05) is 12.8 Å². The molecule has 3 aliphatic rings. The third-order valence-corrected chi connectivity index (χ3v) is 7.29. The van der Waals surface area contributed by atoms with Gasteiger partial charge in [0, 0.05) is 29.5 Å². The van der Waals surface area contributed by atoms with Gasteiger partial charge in [0.2, 0.25) is 11.2 Å². The molecule has 3 atom stereocenters. The Morgan fingerprint density at radius 2 is 1.98 bits per heavy atom. The first-order chi connectivity index (χ1) is 19.3. The lowest BCUT2D eigenvalue weighted by atomic mass is 9.62. The molecule has 0 aromatic heterocycles. The molecule has 4 N–H and O–H groups in total. The molecule has 0 saturated carbocycles. The van der Waals surface area contributed by atoms with Gasteiger partial charge in [0.15, 0.2) is 5.54 Å². The molecule has 0 radical (unpaired) electrons. The molecule has 3 heterocycles. The zero-order valence-corrected chi connectivity index (χ0v) is 22.5. The van der Waals surface area contributed by atoms with Crippen molar-refractivity contribution in [2.24, 2.45) is 20.4 Å². The van der Waals surface area contributed by atoms with E-state index in [4.69, 9.17) is 5.73 Å². The predicted molar refractivity (Wildman–Crippen MR) is 130 cm³/mol. The molecule has 3 unspecified atom stereocenters. The van der Waals surface area contributed by atoms with Gasteiger partial charge < -0.3 is 15.9 Å². The number of carbonyl (C=O) groups excluding carboxylic acids is 2. The molecule has 226 valence electrons. The van der Waals surface area contributed by atoms with Crippen LogP contribution in [-0.2, 0) is 14.4 Å². The van der Waals surface area contributed by atoms with E-state index in [2.05, 4.69) is 24.8 Å². The van der Waals surface area contributed by atoms with E-state index < -0.39 is 74.8 Å². The SMILES string of the molecule is CN=C1[N+](=O)C(CC(F)(F)F)(C2(C(=O)NOC(=O)C(F)(F)F)NC=C(C#N)C=C2C)C(N)=C(C2=CN=NSC2)C1(C)F. The number of amidine groups is 1. The van der Waals surface area contributed by atoms with Crippen molar-refractivity contribution < 1.29 is 49.9 Å². The largest absolute Gasteiger partial charge is 0.493 e. The van der Waals surface area contributed by atoms with E-state index in [1.807, 2.05) is 0 Å². The summed E-state index contributed by atoms with van der Waals surface area (Å²) in [6.07, 6.45) is -10.9. The molecule has 0 fully saturated rings. The zero-order valence-electron chi connectivity index (χ0n) is 21.6. The van der Waals surface area contributed by atoms with E-state index in [0.717, 1.165) is 50.6 Å². The summed E-state index contributed by atoms with van der Waals surface area (Å²) in [5, 5.41) is 15.1. The number of nitrogens with one attached hydrogen (secondary N) is 2. The van der Waals surface area contributed by atoms with E-state index in [9.17, 15) is 46.1 Å². The quantitative estimate of drug-likeness (QED) is 0.185. The van der Waals surface area contributed by atoms with Gasteiger partial charge in [-0.2, -0.15) is 42.2 Å². The van der Waals surface area contributed by atoms with Crippen molar-refractivity contribution in [3.63, 3.8) is 0 Å². The Kier molecular flexibility index (Phi) is 8.33. The monoisotopic (exact) mass is 625 g/mol. The second-order valence-corrected chi connectivity index (χ2v) is 9.87. The van der Waals surface area contributed by atoms with Crippen LogP contribution in [0.15, 0.2) is 61.1 Å². The molecule has 0 saturated heterocycles. The minimum atomic E-state index is -5.65. The Morgan fingerprint density at radius 3 is 2.45 bits per heavy atom. The van der Waals surface area contributed by atoms with Gasteiger partial charge in [-0.15, -0.1) is 4.52 Å². The number of rotatable bonds is 4. The van der Waals surface area contributed by atoms with Crippen molar-refractivity contribution in [2.45, 2.75) is 49.4 Å².